The molecule has 0 unspecified atom stereocenters. The van der Waals surface area contributed by atoms with Crippen molar-refractivity contribution < 1.29 is 9.26 Å². The normalized spacial score (nSPS) is 14.4. The van der Waals surface area contributed by atoms with Gasteiger partial charge in [0.15, 0.2) is 11.0 Å². The van der Waals surface area contributed by atoms with Crippen LogP contribution in [0.25, 0.3) is 17.1 Å². The van der Waals surface area contributed by atoms with Crippen LogP contribution in [0.5, 0.6) is 0 Å². The summed E-state index contributed by atoms with van der Waals surface area (Å²) in [7, 11) is 0. The van der Waals surface area contributed by atoms with Crippen molar-refractivity contribution in [3.63, 3.8) is 0 Å². The molecule has 0 saturated carbocycles. The second-order valence-corrected chi connectivity index (χ2v) is 8.60. The number of rotatable bonds is 6. The Labute approximate surface area is 181 Å². The number of hydrogen-bond acceptors (Lipinski definition) is 9. The van der Waals surface area contributed by atoms with Crippen LogP contribution in [-0.4, -0.2) is 51.2 Å². The molecule has 8 nitrogen and oxygen atoms in total. The number of anilines is 1. The van der Waals surface area contributed by atoms with Crippen LogP contribution in [0.1, 0.15) is 11.4 Å². The topological polar surface area (TPSA) is 82.1 Å². The number of nitrogens with zero attached hydrogens (tertiary/aromatic N) is 6. The zero-order valence-corrected chi connectivity index (χ0v) is 18.0. The molecule has 4 heterocycles. The first-order valence-corrected chi connectivity index (χ1v) is 11.5. The van der Waals surface area contributed by atoms with E-state index in [1.807, 2.05) is 16.8 Å². The molecule has 1 saturated heterocycles. The van der Waals surface area contributed by atoms with E-state index in [9.17, 15) is 0 Å². The highest BCUT2D eigenvalue weighted by Gasteiger charge is 2.22. The molecule has 0 amide bonds. The third kappa shape index (κ3) is 3.98. The van der Waals surface area contributed by atoms with Gasteiger partial charge in [0.05, 0.1) is 30.2 Å². The van der Waals surface area contributed by atoms with Gasteiger partial charge < -0.3 is 14.2 Å². The highest BCUT2D eigenvalue weighted by molar-refractivity contribution is 7.98. The summed E-state index contributed by atoms with van der Waals surface area (Å²) in [5, 5.41) is 17.9. The highest BCUT2D eigenvalue weighted by Crippen LogP contribution is 2.30. The Morgan fingerprint density at radius 3 is 2.87 bits per heavy atom. The van der Waals surface area contributed by atoms with Crippen LogP contribution in [0.2, 0.25) is 0 Å². The van der Waals surface area contributed by atoms with Gasteiger partial charge in [0, 0.05) is 18.5 Å². The second-order valence-electron chi connectivity index (χ2n) is 6.87. The van der Waals surface area contributed by atoms with Crippen LogP contribution in [0, 0.1) is 6.92 Å². The van der Waals surface area contributed by atoms with Gasteiger partial charge in [0.2, 0.25) is 5.95 Å². The van der Waals surface area contributed by atoms with Crippen molar-refractivity contribution in [2.24, 2.45) is 0 Å². The fraction of sp³-hybridized carbons (Fsp3) is 0.300. The van der Waals surface area contributed by atoms with Crippen molar-refractivity contribution in [3.8, 4) is 17.1 Å². The summed E-state index contributed by atoms with van der Waals surface area (Å²) >= 11 is 3.15. The van der Waals surface area contributed by atoms with E-state index >= 15 is 0 Å². The monoisotopic (exact) mass is 440 g/mol. The zero-order valence-electron chi connectivity index (χ0n) is 16.4. The first-order chi connectivity index (χ1) is 14.8. The summed E-state index contributed by atoms with van der Waals surface area (Å²) in [6.07, 6.45) is 0. The lowest BCUT2D eigenvalue weighted by molar-refractivity contribution is 0.122. The molecule has 5 rings (SSSR count). The molecule has 0 N–H and O–H groups in total. The standard InChI is InChI=1S/C20H20N6O2S2/c1-14-3-2-4-16(11-14)26-19(25-6-8-27-9-7-25)22-23-20(26)30-13-17-21-18(28-24-17)15-5-10-29-12-15/h2-5,10-12H,6-9,13H2,1H3. The second kappa shape index (κ2) is 8.58. The third-order valence-electron chi connectivity index (χ3n) is 4.74. The maximum absolute atomic E-state index is 5.50. The fourth-order valence-electron chi connectivity index (χ4n) is 3.26. The maximum Gasteiger partial charge on any atom is 0.258 e. The van der Waals surface area contributed by atoms with Gasteiger partial charge in [-0.2, -0.15) is 16.3 Å². The Kier molecular flexibility index (Phi) is 5.52. The molecule has 4 aromatic rings. The Balaban J connectivity index is 1.42. The molecule has 30 heavy (non-hydrogen) atoms. The molecule has 0 spiro atoms. The lowest BCUT2D eigenvalue weighted by Gasteiger charge is -2.28. The largest absolute Gasteiger partial charge is 0.378 e. The average Bonchev–Trinajstić information content (AvgIpc) is 3.53. The molecule has 10 heteroatoms. The summed E-state index contributed by atoms with van der Waals surface area (Å²) in [4.78, 5) is 6.72. The average molecular weight is 441 g/mol. The van der Waals surface area contributed by atoms with Crippen LogP contribution in [0.3, 0.4) is 0 Å². The van der Waals surface area contributed by atoms with Gasteiger partial charge in [-0.25, -0.2) is 0 Å². The van der Waals surface area contributed by atoms with Crippen molar-refractivity contribution in [2.45, 2.75) is 17.8 Å². The van der Waals surface area contributed by atoms with Crippen LogP contribution >= 0.6 is 23.1 Å². The minimum absolute atomic E-state index is 0.542. The van der Waals surface area contributed by atoms with Crippen molar-refractivity contribution in [2.75, 3.05) is 31.2 Å². The molecular weight excluding hydrogens is 420 g/mol. The first kappa shape index (κ1) is 19.3. The number of hydrogen-bond donors (Lipinski definition) is 0. The predicted octanol–water partition coefficient (Wildman–Crippen LogP) is 3.82. The fourth-order valence-corrected chi connectivity index (χ4v) is 4.68. The Morgan fingerprint density at radius 2 is 2.07 bits per heavy atom. The molecule has 1 fully saturated rings. The van der Waals surface area contributed by atoms with E-state index in [4.69, 9.17) is 9.26 Å². The summed E-state index contributed by atoms with van der Waals surface area (Å²) < 4.78 is 13.0. The molecule has 1 aliphatic rings. The lowest BCUT2D eigenvalue weighted by Crippen LogP contribution is -2.37. The molecule has 0 atom stereocenters. The SMILES string of the molecule is Cc1cccc(-n2c(SCc3noc(-c4ccsc4)n3)nnc2N2CCOCC2)c1. The number of benzene rings is 1. The molecule has 1 aromatic carbocycles. The van der Waals surface area contributed by atoms with E-state index in [1.54, 1.807) is 23.1 Å². The number of thiophene rings is 1. The van der Waals surface area contributed by atoms with Gasteiger partial charge >= 0.3 is 0 Å². The number of morpholine rings is 1. The van der Waals surface area contributed by atoms with E-state index in [2.05, 4.69) is 61.0 Å². The maximum atomic E-state index is 5.50. The Morgan fingerprint density at radius 1 is 1.17 bits per heavy atom. The van der Waals surface area contributed by atoms with Gasteiger partial charge in [-0.15, -0.1) is 10.2 Å². The van der Waals surface area contributed by atoms with E-state index in [0.29, 0.717) is 30.7 Å². The molecular formula is C20H20N6O2S2. The number of aryl methyl sites for hydroxylation is 1. The van der Waals surface area contributed by atoms with E-state index in [-0.39, 0.29) is 0 Å². The van der Waals surface area contributed by atoms with Crippen LogP contribution in [0.15, 0.2) is 50.8 Å². The number of ether oxygens (including phenoxy) is 1. The van der Waals surface area contributed by atoms with Crippen molar-refractivity contribution in [1.29, 1.82) is 0 Å². The Hall–Kier alpha value is -2.69. The molecule has 3 aromatic heterocycles. The molecule has 1 aliphatic heterocycles. The van der Waals surface area contributed by atoms with Crippen molar-refractivity contribution >= 4 is 29.0 Å². The summed E-state index contributed by atoms with van der Waals surface area (Å²) in [6, 6.07) is 10.3. The highest BCUT2D eigenvalue weighted by atomic mass is 32.2. The number of aromatic nitrogens is 5. The quantitative estimate of drug-likeness (QED) is 0.419. The van der Waals surface area contributed by atoms with Gasteiger partial charge in [0.1, 0.15) is 0 Å². The smallest absolute Gasteiger partial charge is 0.258 e. The van der Waals surface area contributed by atoms with Gasteiger partial charge in [-0.05, 0) is 36.1 Å². The summed E-state index contributed by atoms with van der Waals surface area (Å²) in [5.74, 6) is 2.55. The Bertz CT molecular complexity index is 1120. The van der Waals surface area contributed by atoms with Crippen LogP contribution in [-0.2, 0) is 10.5 Å². The third-order valence-corrected chi connectivity index (χ3v) is 6.34. The molecule has 0 bridgehead atoms. The van der Waals surface area contributed by atoms with Crippen molar-refractivity contribution in [3.05, 3.63) is 52.5 Å². The van der Waals surface area contributed by atoms with E-state index < -0.39 is 0 Å². The molecule has 0 aliphatic carbocycles. The van der Waals surface area contributed by atoms with Crippen LogP contribution < -0.4 is 4.90 Å². The number of thioether (sulfide) groups is 1. The summed E-state index contributed by atoms with van der Waals surface area (Å²) in [5.41, 5.74) is 3.17. The molecule has 0 radical (unpaired) electrons. The first-order valence-electron chi connectivity index (χ1n) is 9.61. The van der Waals surface area contributed by atoms with Crippen LogP contribution in [0.4, 0.5) is 5.95 Å². The van der Waals surface area contributed by atoms with E-state index in [0.717, 1.165) is 35.4 Å². The lowest BCUT2D eigenvalue weighted by atomic mass is 10.2. The minimum Gasteiger partial charge on any atom is -0.378 e. The van der Waals surface area contributed by atoms with Gasteiger partial charge in [0.25, 0.3) is 5.89 Å². The zero-order chi connectivity index (χ0) is 20.3. The predicted molar refractivity (Wildman–Crippen MR) is 116 cm³/mol. The minimum atomic E-state index is 0.542. The van der Waals surface area contributed by atoms with Gasteiger partial charge in [-0.3, -0.25) is 4.57 Å². The van der Waals surface area contributed by atoms with Gasteiger partial charge in [-0.1, -0.05) is 29.1 Å². The van der Waals surface area contributed by atoms with E-state index in [1.165, 1.54) is 5.56 Å². The van der Waals surface area contributed by atoms with Crippen molar-refractivity contribution in [1.82, 2.24) is 24.9 Å². The summed E-state index contributed by atoms with van der Waals surface area (Å²) in [6.45, 7) is 5.06. The molecule has 154 valence electrons.